The third-order valence-corrected chi connectivity index (χ3v) is 17.3. The summed E-state index contributed by atoms with van der Waals surface area (Å²) in [7, 11) is -3.49. The summed E-state index contributed by atoms with van der Waals surface area (Å²) in [5.74, 6) is -7.21. The van der Waals surface area contributed by atoms with Gasteiger partial charge in [0, 0.05) is 36.0 Å². The number of nitrogens with zero attached hydrogens (tertiary/aromatic N) is 3. The van der Waals surface area contributed by atoms with Gasteiger partial charge in [0.15, 0.2) is 0 Å². The Morgan fingerprint density at radius 2 is 1.30 bits per heavy atom. The third kappa shape index (κ3) is 9.67. The normalized spacial score (nSPS) is 18.2. The van der Waals surface area contributed by atoms with Gasteiger partial charge >= 0.3 is 12.2 Å². The number of benzene rings is 4. The lowest BCUT2D eigenvalue weighted by Gasteiger charge is -2.45. The first-order valence-corrected chi connectivity index (χ1v) is 24.2. The molecule has 0 saturated carbocycles. The largest absolute Gasteiger partial charge is 0.444 e. The summed E-state index contributed by atoms with van der Waals surface area (Å²) < 4.78 is 103. The van der Waals surface area contributed by atoms with E-state index >= 15 is 22.0 Å². The number of aliphatic hydroxyl groups excluding tert-OH is 1. The molecule has 0 radical (unpaired) electrons. The van der Waals surface area contributed by atoms with Crippen molar-refractivity contribution in [3.8, 4) is 0 Å². The average molecular weight is 934 g/mol. The summed E-state index contributed by atoms with van der Waals surface area (Å²) in [6.07, 6.45) is -2.94. The first kappa shape index (κ1) is 48.8. The van der Waals surface area contributed by atoms with Crippen LogP contribution in [-0.2, 0) is 20.3 Å². The fraction of sp³-hybridized carbons (Fsp3) is 0.451. The number of hydrogen-bond donors (Lipinski definition) is 1. The molecule has 1 saturated heterocycles. The quantitative estimate of drug-likeness (QED) is 0.110. The lowest BCUT2D eigenvalue weighted by atomic mass is 9.85. The Kier molecular flexibility index (Phi) is 13.2. The van der Waals surface area contributed by atoms with Gasteiger partial charge in [0.25, 0.3) is 14.2 Å². The zero-order chi connectivity index (χ0) is 48.3. The summed E-state index contributed by atoms with van der Waals surface area (Å²) in [6, 6.07) is 21.7. The van der Waals surface area contributed by atoms with Crippen LogP contribution < -0.4 is 10.4 Å². The van der Waals surface area contributed by atoms with E-state index in [1.807, 2.05) is 81.4 Å². The number of aliphatic hydroxyl groups is 1. The molecule has 2 aliphatic heterocycles. The van der Waals surface area contributed by atoms with Crippen molar-refractivity contribution in [3.05, 3.63) is 131 Å². The summed E-state index contributed by atoms with van der Waals surface area (Å²) in [4.78, 5) is 29.6. The van der Waals surface area contributed by atoms with Crippen LogP contribution in [0, 0.1) is 23.4 Å². The predicted molar refractivity (Wildman–Crippen MR) is 246 cm³/mol. The summed E-state index contributed by atoms with van der Waals surface area (Å²) >= 11 is 0. The minimum absolute atomic E-state index is 0.00307. The van der Waals surface area contributed by atoms with E-state index in [-0.39, 0.29) is 41.7 Å². The van der Waals surface area contributed by atoms with Crippen LogP contribution in [-0.4, -0.2) is 89.4 Å². The fourth-order valence-corrected chi connectivity index (χ4v) is 14.1. The highest BCUT2D eigenvalue weighted by Gasteiger charge is 2.53. The number of carbonyl (C=O) groups excluding carboxylic acids is 2. The Balaban J connectivity index is 1.33. The van der Waals surface area contributed by atoms with Gasteiger partial charge in [0.05, 0.1) is 36.5 Å². The molecule has 9 nitrogen and oxygen atoms in total. The van der Waals surface area contributed by atoms with Crippen molar-refractivity contribution in [2.45, 2.75) is 116 Å². The predicted octanol–water partition coefficient (Wildman–Crippen LogP) is 10.3. The molecule has 1 N–H and O–H groups in total. The number of alkyl halides is 2. The number of hydrogen-bond acceptors (Lipinski definition) is 7. The number of carbonyl (C=O) groups is 2. The lowest BCUT2D eigenvalue weighted by Crippen LogP contribution is -2.67. The molecule has 2 aliphatic rings. The van der Waals surface area contributed by atoms with Crippen LogP contribution in [0.2, 0.25) is 5.04 Å². The van der Waals surface area contributed by atoms with Crippen LogP contribution >= 0.6 is 0 Å². The maximum atomic E-state index is 17.3. The van der Waals surface area contributed by atoms with E-state index in [9.17, 15) is 14.7 Å². The van der Waals surface area contributed by atoms with E-state index in [1.54, 1.807) is 48.5 Å². The maximum absolute atomic E-state index is 17.3. The smallest absolute Gasteiger partial charge is 0.419 e. The SMILES string of the molecule is C[C@@H]1Cc2c(n(C(=O)OC(C)(C)C)c3ccc(F)cc23)[C@@H](c2c(F)cc(C(O)C3CN(C(=O)OC(C)(C)C)C3)cc2F)N1CC(F)(F)CO[Si](c1ccccc1)(c1ccccc1)C(C)(C)C. The first-order chi connectivity index (χ1) is 30.7. The Morgan fingerprint density at radius 3 is 1.82 bits per heavy atom. The summed E-state index contributed by atoms with van der Waals surface area (Å²) in [5, 5.41) is 12.6. The van der Waals surface area contributed by atoms with Gasteiger partial charge < -0.3 is 23.9 Å². The molecule has 1 aromatic heterocycles. The molecule has 4 aromatic carbocycles. The fourth-order valence-electron chi connectivity index (χ4n) is 9.51. The van der Waals surface area contributed by atoms with Gasteiger partial charge in [-0.05, 0) is 112 Å². The molecular weight excluding hydrogens is 874 g/mol. The number of aromatic nitrogens is 1. The van der Waals surface area contributed by atoms with E-state index in [1.165, 1.54) is 21.9 Å². The highest BCUT2D eigenvalue weighted by atomic mass is 28.4. The number of amides is 1. The Hall–Kier alpha value is -5.09. The van der Waals surface area contributed by atoms with E-state index in [2.05, 4.69) is 0 Å². The molecule has 15 heteroatoms. The van der Waals surface area contributed by atoms with Gasteiger partial charge in [-0.1, -0.05) is 81.4 Å². The van der Waals surface area contributed by atoms with Gasteiger partial charge in [0.1, 0.15) is 28.7 Å². The molecule has 1 amide bonds. The van der Waals surface area contributed by atoms with Gasteiger partial charge in [-0.15, -0.1) is 0 Å². The number of halogens is 5. The Labute approximate surface area is 384 Å². The molecule has 354 valence electrons. The van der Waals surface area contributed by atoms with Crippen LogP contribution in [0.1, 0.15) is 104 Å². The van der Waals surface area contributed by atoms with Gasteiger partial charge in [-0.2, -0.15) is 0 Å². The monoisotopic (exact) mass is 933 g/mol. The average Bonchev–Trinajstić information content (AvgIpc) is 3.50. The lowest BCUT2D eigenvalue weighted by molar-refractivity contribution is -0.0828. The second kappa shape index (κ2) is 17.9. The molecular formula is C51H60F5N3O6Si. The van der Waals surface area contributed by atoms with Crippen molar-refractivity contribution in [2.75, 3.05) is 26.2 Å². The first-order valence-electron chi connectivity index (χ1n) is 22.3. The molecule has 0 aliphatic carbocycles. The highest BCUT2D eigenvalue weighted by Crippen LogP contribution is 2.47. The standard InChI is InChI=1S/C51H60F5N3O6Si/c1-31-23-38-37-26-34(52)21-22-41(37)59(47(62)65-49(5,6)7)43(38)44(42-39(53)24-32(25-40(42)54)45(60)33-27-57(28-33)46(61)64-48(2,3)4)58(31)29-51(55,56)30-63-66(50(8,9)10,35-17-13-11-14-18-35)36-19-15-12-16-20-36/h11-22,24-26,31,33,44-45,60H,23,27-30H2,1-10H3/t31-,44-,45?/m1/s1. The second-order valence-electron chi connectivity index (χ2n) is 20.8. The van der Waals surface area contributed by atoms with Crippen LogP contribution in [0.5, 0.6) is 0 Å². The van der Waals surface area contributed by atoms with E-state index in [0.29, 0.717) is 5.56 Å². The molecule has 1 unspecified atom stereocenters. The number of rotatable bonds is 10. The minimum atomic E-state index is -3.65. The number of likely N-dealkylation sites (tertiary alicyclic amines) is 1. The van der Waals surface area contributed by atoms with E-state index < -0.39 is 103 Å². The molecule has 1 fully saturated rings. The summed E-state index contributed by atoms with van der Waals surface area (Å²) in [6.45, 7) is 15.6. The third-order valence-electron chi connectivity index (χ3n) is 12.4. The molecule has 0 bridgehead atoms. The van der Waals surface area contributed by atoms with Crippen molar-refractivity contribution in [2.24, 2.45) is 5.92 Å². The van der Waals surface area contributed by atoms with Gasteiger partial charge in [0.2, 0.25) is 0 Å². The molecule has 3 heterocycles. The summed E-state index contributed by atoms with van der Waals surface area (Å²) in [5.41, 5.74) is -2.13. The van der Waals surface area contributed by atoms with Crippen molar-refractivity contribution in [1.82, 2.24) is 14.4 Å². The topological polar surface area (TPSA) is 93.5 Å². The maximum Gasteiger partial charge on any atom is 0.419 e. The molecule has 0 spiro atoms. The van der Waals surface area contributed by atoms with E-state index in [0.717, 1.165) is 33.1 Å². The molecule has 7 rings (SSSR count). The Bertz CT molecular complexity index is 2520. The Morgan fingerprint density at radius 1 is 0.773 bits per heavy atom. The van der Waals surface area contributed by atoms with Crippen LogP contribution in [0.3, 0.4) is 0 Å². The van der Waals surface area contributed by atoms with Crippen molar-refractivity contribution in [1.29, 1.82) is 0 Å². The van der Waals surface area contributed by atoms with E-state index in [4.69, 9.17) is 13.9 Å². The van der Waals surface area contributed by atoms with Crippen molar-refractivity contribution < 1.29 is 50.5 Å². The molecule has 5 aromatic rings. The second-order valence-corrected chi connectivity index (χ2v) is 25.1. The highest BCUT2D eigenvalue weighted by molar-refractivity contribution is 6.99. The van der Waals surface area contributed by atoms with Gasteiger partial charge in [-0.25, -0.2) is 36.1 Å². The van der Waals surface area contributed by atoms with Crippen LogP contribution in [0.4, 0.5) is 31.5 Å². The zero-order valence-electron chi connectivity index (χ0n) is 39.2. The molecule has 66 heavy (non-hydrogen) atoms. The minimum Gasteiger partial charge on any atom is -0.444 e. The molecule has 3 atom stereocenters. The van der Waals surface area contributed by atoms with Crippen LogP contribution in [0.15, 0.2) is 91.0 Å². The van der Waals surface area contributed by atoms with Crippen molar-refractivity contribution >= 4 is 41.8 Å². The number of fused-ring (bicyclic) bond motifs is 3. The number of ether oxygens (including phenoxy) is 2. The van der Waals surface area contributed by atoms with Crippen molar-refractivity contribution in [3.63, 3.8) is 0 Å². The zero-order valence-corrected chi connectivity index (χ0v) is 40.2. The van der Waals surface area contributed by atoms with Gasteiger partial charge in [-0.3, -0.25) is 4.90 Å². The van der Waals surface area contributed by atoms with Crippen LogP contribution in [0.25, 0.3) is 10.9 Å².